The topological polar surface area (TPSA) is 75.4 Å². The smallest absolute Gasteiger partial charge is 0.239 e. The van der Waals surface area contributed by atoms with E-state index in [2.05, 4.69) is 19.2 Å². The predicted molar refractivity (Wildman–Crippen MR) is 129 cm³/mol. The molecule has 32 heavy (non-hydrogen) atoms. The van der Waals surface area contributed by atoms with Crippen molar-refractivity contribution in [2.24, 2.45) is 41.2 Å². The molecule has 1 saturated heterocycles. The average Bonchev–Trinajstić information content (AvgIpc) is 3.36. The van der Waals surface area contributed by atoms with E-state index in [1.807, 2.05) is 4.90 Å². The van der Waals surface area contributed by atoms with E-state index >= 15 is 0 Å². The molecule has 0 spiro atoms. The molecule has 4 rings (SSSR count). The summed E-state index contributed by atoms with van der Waals surface area (Å²) in [5.74, 6) is 3.20. The average molecular weight is 446 g/mol. The second kappa shape index (κ2) is 10.9. The van der Waals surface area contributed by atoms with Crippen LogP contribution in [0, 0.1) is 35.5 Å². The number of hydrogen-bond acceptors (Lipinski definition) is 3. The molecule has 0 aromatic heterocycles. The second-order valence-electron chi connectivity index (χ2n) is 11.9. The van der Waals surface area contributed by atoms with Gasteiger partial charge in [-0.2, -0.15) is 0 Å². The summed E-state index contributed by atoms with van der Waals surface area (Å²) in [7, 11) is 0. The van der Waals surface area contributed by atoms with Crippen molar-refractivity contribution >= 4 is 11.8 Å². The minimum atomic E-state index is -0.385. The highest BCUT2D eigenvalue weighted by atomic mass is 16.2. The summed E-state index contributed by atoms with van der Waals surface area (Å²) in [6.45, 7) is 5.84. The standard InChI is InChI=1S/C27H47N3O2/c1-18(2)15-23(28)27(32)30-16-21-13-14-24(22(21)17-30)29-26(31)25(19-9-5-3-6-10-19)20-11-7-4-8-12-20/h18-25H,3-17,28H2,1-2H3,(H,29,31)/t21-,22+,23?,24+/m0/s1. The van der Waals surface area contributed by atoms with Gasteiger partial charge in [-0.05, 0) is 68.6 Å². The Morgan fingerprint density at radius 3 is 2.03 bits per heavy atom. The van der Waals surface area contributed by atoms with Gasteiger partial charge >= 0.3 is 0 Å². The van der Waals surface area contributed by atoms with E-state index in [1.165, 1.54) is 64.2 Å². The summed E-state index contributed by atoms with van der Waals surface area (Å²) in [5.41, 5.74) is 6.21. The van der Waals surface area contributed by atoms with Crippen molar-refractivity contribution in [3.05, 3.63) is 0 Å². The molecule has 3 N–H and O–H groups in total. The predicted octanol–water partition coefficient (Wildman–Crippen LogP) is 4.49. The number of likely N-dealkylation sites (tertiary alicyclic amines) is 1. The van der Waals surface area contributed by atoms with Gasteiger partial charge in [0.1, 0.15) is 0 Å². The Labute approximate surface area is 195 Å². The SMILES string of the molecule is CC(C)CC(N)C(=O)N1C[C@@H]2CC[C@@H](NC(=O)C(C3CCCCC3)C3CCCCC3)[C@@H]2C1. The van der Waals surface area contributed by atoms with Crippen LogP contribution in [0.2, 0.25) is 0 Å². The Morgan fingerprint density at radius 2 is 1.47 bits per heavy atom. The molecule has 0 aromatic carbocycles. The van der Waals surface area contributed by atoms with Crippen molar-refractivity contribution < 1.29 is 9.59 Å². The maximum absolute atomic E-state index is 13.7. The number of amides is 2. The molecular weight excluding hydrogens is 398 g/mol. The van der Waals surface area contributed by atoms with E-state index in [0.29, 0.717) is 35.5 Å². The Balaban J connectivity index is 1.38. The molecule has 0 radical (unpaired) electrons. The van der Waals surface area contributed by atoms with Gasteiger partial charge in [0.25, 0.3) is 0 Å². The number of nitrogens with zero attached hydrogens (tertiary/aromatic N) is 1. The van der Waals surface area contributed by atoms with Crippen LogP contribution >= 0.6 is 0 Å². The Bertz CT molecular complexity index is 621. The molecular formula is C27H47N3O2. The van der Waals surface area contributed by atoms with E-state index in [1.54, 1.807) is 0 Å². The molecule has 182 valence electrons. The zero-order chi connectivity index (χ0) is 22.7. The first-order valence-electron chi connectivity index (χ1n) is 13.8. The minimum Gasteiger partial charge on any atom is -0.353 e. The number of nitrogens with one attached hydrogen (secondary N) is 1. The number of carbonyl (C=O) groups excluding carboxylic acids is 2. The highest BCUT2D eigenvalue weighted by molar-refractivity contribution is 5.82. The van der Waals surface area contributed by atoms with Crippen molar-refractivity contribution in [1.29, 1.82) is 0 Å². The maximum Gasteiger partial charge on any atom is 0.239 e. The fourth-order valence-corrected chi connectivity index (χ4v) is 7.55. The van der Waals surface area contributed by atoms with Crippen LogP contribution in [-0.2, 0) is 9.59 Å². The van der Waals surface area contributed by atoms with Crippen LogP contribution in [0.3, 0.4) is 0 Å². The quantitative estimate of drug-likeness (QED) is 0.606. The largest absolute Gasteiger partial charge is 0.353 e. The summed E-state index contributed by atoms with van der Waals surface area (Å²) in [6, 6.07) is -0.148. The van der Waals surface area contributed by atoms with Crippen molar-refractivity contribution in [2.75, 3.05) is 13.1 Å². The summed E-state index contributed by atoms with van der Waals surface area (Å²) in [4.78, 5) is 28.6. The van der Waals surface area contributed by atoms with Gasteiger partial charge in [0.2, 0.25) is 11.8 Å². The van der Waals surface area contributed by atoms with Gasteiger partial charge in [0.15, 0.2) is 0 Å². The summed E-state index contributed by atoms with van der Waals surface area (Å²) in [6.07, 6.45) is 15.7. The van der Waals surface area contributed by atoms with E-state index in [0.717, 1.165) is 32.4 Å². The summed E-state index contributed by atoms with van der Waals surface area (Å²) in [5, 5.41) is 3.56. The molecule has 5 nitrogen and oxygen atoms in total. The van der Waals surface area contributed by atoms with Gasteiger partial charge in [-0.25, -0.2) is 0 Å². The molecule has 2 amide bonds. The number of carbonyl (C=O) groups is 2. The molecule has 3 aliphatic carbocycles. The lowest BCUT2D eigenvalue weighted by molar-refractivity contribution is -0.132. The van der Waals surface area contributed by atoms with Crippen molar-refractivity contribution in [3.8, 4) is 0 Å². The third-order valence-electron chi connectivity index (χ3n) is 9.16. The third-order valence-corrected chi connectivity index (χ3v) is 9.16. The molecule has 0 bridgehead atoms. The highest BCUT2D eigenvalue weighted by Gasteiger charge is 2.46. The van der Waals surface area contributed by atoms with Crippen LogP contribution in [0.1, 0.15) is 97.3 Å². The first kappa shape index (κ1) is 24.0. The zero-order valence-electron chi connectivity index (χ0n) is 20.6. The van der Waals surface area contributed by atoms with Crippen molar-refractivity contribution in [1.82, 2.24) is 10.2 Å². The fourth-order valence-electron chi connectivity index (χ4n) is 7.55. The van der Waals surface area contributed by atoms with Gasteiger partial charge in [-0.15, -0.1) is 0 Å². The van der Waals surface area contributed by atoms with Gasteiger partial charge in [-0.3, -0.25) is 9.59 Å². The minimum absolute atomic E-state index is 0.112. The van der Waals surface area contributed by atoms with Crippen LogP contribution in [0.5, 0.6) is 0 Å². The second-order valence-corrected chi connectivity index (χ2v) is 11.9. The van der Waals surface area contributed by atoms with Crippen LogP contribution in [0.4, 0.5) is 0 Å². The molecule has 4 fully saturated rings. The van der Waals surface area contributed by atoms with Crippen LogP contribution < -0.4 is 11.1 Å². The van der Waals surface area contributed by atoms with Crippen LogP contribution in [0.15, 0.2) is 0 Å². The third kappa shape index (κ3) is 5.51. The maximum atomic E-state index is 13.7. The first-order chi connectivity index (χ1) is 15.4. The number of hydrogen-bond donors (Lipinski definition) is 2. The van der Waals surface area contributed by atoms with Crippen LogP contribution in [-0.4, -0.2) is 41.9 Å². The van der Waals surface area contributed by atoms with E-state index in [-0.39, 0.29) is 23.9 Å². The molecule has 4 atom stereocenters. The first-order valence-corrected chi connectivity index (χ1v) is 13.8. The number of rotatable bonds is 7. The number of fused-ring (bicyclic) bond motifs is 1. The highest BCUT2D eigenvalue weighted by Crippen LogP contribution is 2.42. The van der Waals surface area contributed by atoms with Gasteiger partial charge in [-0.1, -0.05) is 52.4 Å². The molecule has 0 aromatic rings. The fraction of sp³-hybridized carbons (Fsp3) is 0.926. The summed E-state index contributed by atoms with van der Waals surface area (Å²) < 4.78 is 0. The lowest BCUT2D eigenvalue weighted by Gasteiger charge is -2.37. The van der Waals surface area contributed by atoms with Crippen LogP contribution in [0.25, 0.3) is 0 Å². The lowest BCUT2D eigenvalue weighted by atomic mass is 9.69. The van der Waals surface area contributed by atoms with E-state index in [4.69, 9.17) is 5.73 Å². The van der Waals surface area contributed by atoms with E-state index < -0.39 is 0 Å². The molecule has 5 heteroatoms. The van der Waals surface area contributed by atoms with Crippen molar-refractivity contribution in [3.63, 3.8) is 0 Å². The number of nitrogens with two attached hydrogens (primary N) is 1. The van der Waals surface area contributed by atoms with Gasteiger partial charge in [0.05, 0.1) is 6.04 Å². The lowest BCUT2D eigenvalue weighted by Crippen LogP contribution is -2.48. The molecule has 3 saturated carbocycles. The zero-order valence-corrected chi connectivity index (χ0v) is 20.6. The Kier molecular flexibility index (Phi) is 8.18. The van der Waals surface area contributed by atoms with Crippen molar-refractivity contribution in [2.45, 2.75) is 109 Å². The Hall–Kier alpha value is -1.10. The monoisotopic (exact) mass is 445 g/mol. The van der Waals surface area contributed by atoms with Gasteiger partial charge < -0.3 is 16.0 Å². The summed E-state index contributed by atoms with van der Waals surface area (Å²) >= 11 is 0. The molecule has 4 aliphatic rings. The molecule has 1 heterocycles. The Morgan fingerprint density at radius 1 is 0.875 bits per heavy atom. The normalized spacial score (nSPS) is 30.7. The molecule has 1 unspecified atom stereocenters. The molecule has 1 aliphatic heterocycles. The van der Waals surface area contributed by atoms with Gasteiger partial charge in [0, 0.05) is 31.0 Å². The van der Waals surface area contributed by atoms with E-state index in [9.17, 15) is 9.59 Å².